The van der Waals surface area contributed by atoms with Crippen molar-refractivity contribution in [2.24, 2.45) is 7.05 Å². The Labute approximate surface area is 117 Å². The third-order valence-electron chi connectivity index (χ3n) is 4.08. The standard InChI is InChI=1S/C13H19ClN4O/c1-8-12-13(17(2)16-8)18(11(7-14)15-12)9-4-5-10(6-9)19-3/h9-10H,4-7H2,1-3H3. The number of hydrogen-bond acceptors (Lipinski definition) is 3. The second-order valence-corrected chi connectivity index (χ2v) is 5.50. The summed E-state index contributed by atoms with van der Waals surface area (Å²) in [6.45, 7) is 1.99. The van der Waals surface area contributed by atoms with E-state index in [4.69, 9.17) is 16.3 Å². The van der Waals surface area contributed by atoms with Gasteiger partial charge in [0, 0.05) is 20.2 Å². The zero-order valence-corrected chi connectivity index (χ0v) is 12.3. The third-order valence-corrected chi connectivity index (χ3v) is 4.32. The van der Waals surface area contributed by atoms with Crippen molar-refractivity contribution < 1.29 is 4.74 Å². The summed E-state index contributed by atoms with van der Waals surface area (Å²) in [6.07, 6.45) is 3.58. The highest BCUT2D eigenvalue weighted by atomic mass is 35.5. The number of hydrogen-bond donors (Lipinski definition) is 0. The fourth-order valence-electron chi connectivity index (χ4n) is 3.18. The maximum atomic E-state index is 6.07. The van der Waals surface area contributed by atoms with Gasteiger partial charge in [-0.1, -0.05) is 0 Å². The average Bonchev–Trinajstić information content (AvgIpc) is 3.06. The number of halogens is 1. The predicted molar refractivity (Wildman–Crippen MR) is 74.5 cm³/mol. The summed E-state index contributed by atoms with van der Waals surface area (Å²) in [5, 5.41) is 4.46. The molecular formula is C13H19ClN4O. The highest BCUT2D eigenvalue weighted by Gasteiger charge is 2.30. The van der Waals surface area contributed by atoms with E-state index in [9.17, 15) is 0 Å². The molecule has 6 heteroatoms. The van der Waals surface area contributed by atoms with Crippen LogP contribution in [-0.4, -0.2) is 32.5 Å². The molecule has 2 aromatic heterocycles. The Bertz CT molecular complexity index is 603. The lowest BCUT2D eigenvalue weighted by molar-refractivity contribution is 0.106. The van der Waals surface area contributed by atoms with E-state index in [0.29, 0.717) is 18.0 Å². The average molecular weight is 283 g/mol. The van der Waals surface area contributed by atoms with E-state index < -0.39 is 0 Å². The Morgan fingerprint density at radius 2 is 2.21 bits per heavy atom. The largest absolute Gasteiger partial charge is 0.381 e. The van der Waals surface area contributed by atoms with Gasteiger partial charge >= 0.3 is 0 Å². The van der Waals surface area contributed by atoms with Gasteiger partial charge in [0.05, 0.1) is 17.7 Å². The van der Waals surface area contributed by atoms with Crippen LogP contribution in [0.15, 0.2) is 0 Å². The number of alkyl halides is 1. The van der Waals surface area contributed by atoms with Crippen LogP contribution in [0.4, 0.5) is 0 Å². The van der Waals surface area contributed by atoms with Gasteiger partial charge in [-0.15, -0.1) is 11.6 Å². The van der Waals surface area contributed by atoms with Crippen molar-refractivity contribution in [1.82, 2.24) is 19.3 Å². The van der Waals surface area contributed by atoms with E-state index in [1.807, 2.05) is 18.7 Å². The molecule has 0 spiro atoms. The van der Waals surface area contributed by atoms with Crippen molar-refractivity contribution in [2.45, 2.75) is 44.2 Å². The molecule has 3 rings (SSSR count). The number of nitrogens with zero attached hydrogens (tertiary/aromatic N) is 4. The zero-order chi connectivity index (χ0) is 13.6. The number of ether oxygens (including phenoxy) is 1. The summed E-state index contributed by atoms with van der Waals surface area (Å²) in [7, 11) is 3.75. The fraction of sp³-hybridized carbons (Fsp3) is 0.692. The number of aromatic nitrogens is 4. The molecule has 0 aromatic carbocycles. The molecule has 0 saturated heterocycles. The summed E-state index contributed by atoms with van der Waals surface area (Å²) in [4.78, 5) is 4.65. The van der Waals surface area contributed by atoms with Crippen LogP contribution in [0.25, 0.3) is 11.2 Å². The molecule has 0 aliphatic heterocycles. The quantitative estimate of drug-likeness (QED) is 0.813. The third kappa shape index (κ3) is 1.96. The van der Waals surface area contributed by atoms with Crippen molar-refractivity contribution in [2.75, 3.05) is 7.11 Å². The van der Waals surface area contributed by atoms with Gasteiger partial charge in [-0.05, 0) is 26.2 Å². The molecule has 0 radical (unpaired) electrons. The molecule has 0 bridgehead atoms. The lowest BCUT2D eigenvalue weighted by Crippen LogP contribution is -2.13. The minimum Gasteiger partial charge on any atom is -0.381 e. The van der Waals surface area contributed by atoms with Gasteiger partial charge in [-0.25, -0.2) is 4.98 Å². The van der Waals surface area contributed by atoms with Crippen molar-refractivity contribution in [1.29, 1.82) is 0 Å². The first kappa shape index (κ1) is 12.9. The molecule has 0 amide bonds. The van der Waals surface area contributed by atoms with E-state index in [0.717, 1.165) is 41.9 Å². The Balaban J connectivity index is 2.11. The minimum atomic E-state index is 0.347. The fourth-order valence-corrected chi connectivity index (χ4v) is 3.37. The molecule has 1 aliphatic rings. The SMILES string of the molecule is COC1CCC(n2c(CCl)nc3c(C)nn(C)c32)C1. The second kappa shape index (κ2) is 4.80. The predicted octanol–water partition coefficient (Wildman–Crippen LogP) is 2.56. The molecule has 2 atom stereocenters. The van der Waals surface area contributed by atoms with Crippen molar-refractivity contribution in [3.05, 3.63) is 11.5 Å². The van der Waals surface area contributed by atoms with Gasteiger partial charge in [0.1, 0.15) is 11.3 Å². The lowest BCUT2D eigenvalue weighted by Gasteiger charge is -2.16. The number of rotatable bonds is 3. The van der Waals surface area contributed by atoms with Crippen molar-refractivity contribution in [3.63, 3.8) is 0 Å². The van der Waals surface area contributed by atoms with E-state index >= 15 is 0 Å². The molecule has 104 valence electrons. The first-order chi connectivity index (χ1) is 9.15. The van der Waals surface area contributed by atoms with Crippen LogP contribution in [0.2, 0.25) is 0 Å². The molecule has 2 heterocycles. The smallest absolute Gasteiger partial charge is 0.158 e. The summed E-state index contributed by atoms with van der Waals surface area (Å²) in [5.41, 5.74) is 3.01. The van der Waals surface area contributed by atoms with Crippen LogP contribution in [-0.2, 0) is 17.7 Å². The second-order valence-electron chi connectivity index (χ2n) is 5.24. The topological polar surface area (TPSA) is 44.9 Å². The van der Waals surface area contributed by atoms with Crippen LogP contribution in [0.1, 0.15) is 36.8 Å². The zero-order valence-electron chi connectivity index (χ0n) is 11.6. The van der Waals surface area contributed by atoms with Gasteiger partial charge in [0.25, 0.3) is 0 Å². The molecule has 19 heavy (non-hydrogen) atoms. The molecule has 1 fully saturated rings. The van der Waals surface area contributed by atoms with Gasteiger partial charge in [0.15, 0.2) is 5.65 Å². The van der Waals surface area contributed by atoms with Crippen molar-refractivity contribution >= 4 is 22.8 Å². The molecule has 1 saturated carbocycles. The number of methoxy groups -OCH3 is 1. The van der Waals surface area contributed by atoms with Crippen LogP contribution in [0.3, 0.4) is 0 Å². The Hall–Kier alpha value is -1.07. The molecule has 2 aromatic rings. The van der Waals surface area contributed by atoms with Crippen LogP contribution >= 0.6 is 11.6 Å². The number of aryl methyl sites for hydroxylation is 2. The lowest BCUT2D eigenvalue weighted by atomic mass is 10.2. The first-order valence-corrected chi connectivity index (χ1v) is 7.18. The summed E-state index contributed by atoms with van der Waals surface area (Å²) in [5.74, 6) is 1.37. The van der Waals surface area contributed by atoms with E-state index in [2.05, 4.69) is 14.6 Å². The van der Waals surface area contributed by atoms with Crippen molar-refractivity contribution in [3.8, 4) is 0 Å². The van der Waals surface area contributed by atoms with Crippen LogP contribution in [0.5, 0.6) is 0 Å². The number of imidazole rings is 1. The minimum absolute atomic E-state index is 0.347. The van der Waals surface area contributed by atoms with Crippen LogP contribution < -0.4 is 0 Å². The van der Waals surface area contributed by atoms with Crippen LogP contribution in [0, 0.1) is 6.92 Å². The van der Waals surface area contributed by atoms with Gasteiger partial charge < -0.3 is 9.30 Å². The van der Waals surface area contributed by atoms with Gasteiger partial charge in [-0.2, -0.15) is 5.10 Å². The summed E-state index contributed by atoms with van der Waals surface area (Å²) < 4.78 is 9.65. The molecule has 1 aliphatic carbocycles. The Kier molecular flexibility index (Phi) is 3.27. The first-order valence-electron chi connectivity index (χ1n) is 6.64. The molecular weight excluding hydrogens is 264 g/mol. The highest BCUT2D eigenvalue weighted by Crippen LogP contribution is 2.35. The highest BCUT2D eigenvalue weighted by molar-refractivity contribution is 6.16. The molecule has 5 nitrogen and oxygen atoms in total. The summed E-state index contributed by atoms with van der Waals surface area (Å²) in [6, 6.07) is 0.415. The number of fused-ring (bicyclic) bond motifs is 1. The Morgan fingerprint density at radius 1 is 1.42 bits per heavy atom. The van der Waals surface area contributed by atoms with Gasteiger partial charge in [0.2, 0.25) is 0 Å². The van der Waals surface area contributed by atoms with Gasteiger partial charge in [-0.3, -0.25) is 4.68 Å². The molecule has 2 unspecified atom stereocenters. The monoisotopic (exact) mass is 282 g/mol. The molecule has 0 N–H and O–H groups in total. The maximum absolute atomic E-state index is 6.07. The summed E-state index contributed by atoms with van der Waals surface area (Å²) >= 11 is 6.07. The Morgan fingerprint density at radius 3 is 2.84 bits per heavy atom. The maximum Gasteiger partial charge on any atom is 0.158 e. The normalized spacial score (nSPS) is 23.6. The van der Waals surface area contributed by atoms with E-state index in [1.165, 1.54) is 0 Å². The van der Waals surface area contributed by atoms with E-state index in [-0.39, 0.29) is 0 Å². The van der Waals surface area contributed by atoms with E-state index in [1.54, 1.807) is 7.11 Å².